The number of hydrogen-bond donors (Lipinski definition) is 0. The van der Waals surface area contributed by atoms with Gasteiger partial charge in [0.2, 0.25) is 0 Å². The lowest BCUT2D eigenvalue weighted by molar-refractivity contribution is 0.865. The Balaban J connectivity index is 2.55. The monoisotopic (exact) mass is 212 g/mol. The van der Waals surface area contributed by atoms with E-state index in [0.29, 0.717) is 5.92 Å². The molecular formula is C14H16N2. The smallest absolute Gasteiger partial charge is 0.0378 e. The zero-order valence-corrected chi connectivity index (χ0v) is 9.94. The highest BCUT2D eigenvalue weighted by Crippen LogP contribution is 2.28. The lowest BCUT2D eigenvalue weighted by atomic mass is 9.95. The molecule has 0 fully saturated rings. The number of aromatic nitrogens is 2. The molecule has 0 aromatic carbocycles. The lowest BCUT2D eigenvalue weighted by Gasteiger charge is -2.12. The van der Waals surface area contributed by atoms with E-state index in [1.165, 1.54) is 16.7 Å². The van der Waals surface area contributed by atoms with Crippen molar-refractivity contribution in [3.63, 3.8) is 0 Å². The van der Waals surface area contributed by atoms with Gasteiger partial charge in [0.1, 0.15) is 0 Å². The molecule has 0 saturated heterocycles. The summed E-state index contributed by atoms with van der Waals surface area (Å²) in [5.41, 5.74) is 4.78. The molecule has 0 aliphatic rings. The molecule has 2 aromatic heterocycles. The van der Waals surface area contributed by atoms with Crippen LogP contribution >= 0.6 is 0 Å². The van der Waals surface area contributed by atoms with Crippen LogP contribution in [0.2, 0.25) is 0 Å². The second-order valence-corrected chi connectivity index (χ2v) is 4.30. The standard InChI is InChI=1S/C14H16N2/c1-10(2)13-5-6-15-9-14(13)12-4-7-16-11(3)8-12/h4-10H,1-3H3. The van der Waals surface area contributed by atoms with Gasteiger partial charge >= 0.3 is 0 Å². The van der Waals surface area contributed by atoms with Crippen LogP contribution in [-0.2, 0) is 0 Å². The summed E-state index contributed by atoms with van der Waals surface area (Å²) in [6.45, 7) is 6.41. The molecule has 2 aromatic rings. The Hall–Kier alpha value is -1.70. The van der Waals surface area contributed by atoms with Gasteiger partial charge in [-0.05, 0) is 42.2 Å². The number of pyridine rings is 2. The molecule has 82 valence electrons. The Bertz CT molecular complexity index is 490. The van der Waals surface area contributed by atoms with Crippen LogP contribution in [-0.4, -0.2) is 9.97 Å². The molecule has 0 N–H and O–H groups in total. The van der Waals surface area contributed by atoms with E-state index in [0.717, 1.165) is 5.69 Å². The highest BCUT2D eigenvalue weighted by Gasteiger charge is 2.08. The molecule has 0 bridgehead atoms. The first kappa shape index (κ1) is 10.8. The average Bonchev–Trinajstić information content (AvgIpc) is 2.29. The zero-order valence-electron chi connectivity index (χ0n) is 9.94. The van der Waals surface area contributed by atoms with Crippen molar-refractivity contribution < 1.29 is 0 Å². The molecule has 0 atom stereocenters. The van der Waals surface area contributed by atoms with E-state index < -0.39 is 0 Å². The second kappa shape index (κ2) is 4.44. The van der Waals surface area contributed by atoms with Gasteiger partial charge in [-0.2, -0.15) is 0 Å². The summed E-state index contributed by atoms with van der Waals surface area (Å²) in [7, 11) is 0. The van der Waals surface area contributed by atoms with Gasteiger partial charge in [-0.3, -0.25) is 9.97 Å². The van der Waals surface area contributed by atoms with Crippen LogP contribution < -0.4 is 0 Å². The van der Waals surface area contributed by atoms with Gasteiger partial charge in [-0.25, -0.2) is 0 Å². The minimum Gasteiger partial charge on any atom is -0.264 e. The summed E-state index contributed by atoms with van der Waals surface area (Å²) in [6, 6.07) is 6.23. The summed E-state index contributed by atoms with van der Waals surface area (Å²) in [6.07, 6.45) is 5.64. The molecule has 2 heteroatoms. The van der Waals surface area contributed by atoms with Gasteiger partial charge in [0.25, 0.3) is 0 Å². The van der Waals surface area contributed by atoms with Gasteiger partial charge in [0, 0.05) is 29.8 Å². The lowest BCUT2D eigenvalue weighted by Crippen LogP contribution is -1.94. The highest BCUT2D eigenvalue weighted by atomic mass is 14.7. The zero-order chi connectivity index (χ0) is 11.5. The topological polar surface area (TPSA) is 25.8 Å². The van der Waals surface area contributed by atoms with Crippen LogP contribution in [0, 0.1) is 6.92 Å². The van der Waals surface area contributed by atoms with E-state index in [9.17, 15) is 0 Å². The van der Waals surface area contributed by atoms with Crippen LogP contribution in [0.3, 0.4) is 0 Å². The van der Waals surface area contributed by atoms with Crippen molar-refractivity contribution in [2.24, 2.45) is 0 Å². The third-order valence-corrected chi connectivity index (χ3v) is 2.68. The van der Waals surface area contributed by atoms with Crippen molar-refractivity contribution in [3.8, 4) is 11.1 Å². The maximum Gasteiger partial charge on any atom is 0.0378 e. The summed E-state index contributed by atoms with van der Waals surface area (Å²) < 4.78 is 0. The van der Waals surface area contributed by atoms with Crippen LogP contribution in [0.4, 0.5) is 0 Å². The molecule has 0 aliphatic heterocycles. The summed E-state index contributed by atoms with van der Waals surface area (Å²) in [5.74, 6) is 0.506. The maximum atomic E-state index is 4.22. The summed E-state index contributed by atoms with van der Waals surface area (Å²) >= 11 is 0. The van der Waals surface area contributed by atoms with E-state index in [2.05, 4.69) is 35.9 Å². The molecule has 0 spiro atoms. The predicted molar refractivity (Wildman–Crippen MR) is 66.3 cm³/mol. The molecule has 0 unspecified atom stereocenters. The largest absolute Gasteiger partial charge is 0.264 e. The van der Waals surface area contributed by atoms with Gasteiger partial charge in [0.05, 0.1) is 0 Å². The fourth-order valence-electron chi connectivity index (χ4n) is 1.86. The molecule has 0 aliphatic carbocycles. The average molecular weight is 212 g/mol. The molecule has 16 heavy (non-hydrogen) atoms. The molecule has 0 amide bonds. The number of rotatable bonds is 2. The third-order valence-electron chi connectivity index (χ3n) is 2.68. The van der Waals surface area contributed by atoms with Gasteiger partial charge in [-0.15, -0.1) is 0 Å². The third kappa shape index (κ3) is 2.11. The normalized spacial score (nSPS) is 10.8. The highest BCUT2D eigenvalue weighted by molar-refractivity contribution is 5.66. The first-order chi connectivity index (χ1) is 7.68. The van der Waals surface area contributed by atoms with Gasteiger partial charge in [-0.1, -0.05) is 13.8 Å². The van der Waals surface area contributed by atoms with E-state index >= 15 is 0 Å². The van der Waals surface area contributed by atoms with Crippen LogP contribution in [0.1, 0.15) is 31.0 Å². The van der Waals surface area contributed by atoms with Crippen molar-refractivity contribution in [1.29, 1.82) is 0 Å². The van der Waals surface area contributed by atoms with Crippen molar-refractivity contribution in [2.45, 2.75) is 26.7 Å². The summed E-state index contributed by atoms with van der Waals surface area (Å²) in [4.78, 5) is 8.43. The first-order valence-electron chi connectivity index (χ1n) is 5.55. The van der Waals surface area contributed by atoms with Crippen molar-refractivity contribution in [3.05, 3.63) is 48.0 Å². The Kier molecular flexibility index (Phi) is 3.00. The fraction of sp³-hybridized carbons (Fsp3) is 0.286. The maximum absolute atomic E-state index is 4.22. The second-order valence-electron chi connectivity index (χ2n) is 4.30. The minimum absolute atomic E-state index is 0.506. The Morgan fingerprint density at radius 2 is 1.94 bits per heavy atom. The molecule has 2 rings (SSSR count). The first-order valence-corrected chi connectivity index (χ1v) is 5.55. The van der Waals surface area contributed by atoms with Crippen molar-refractivity contribution in [1.82, 2.24) is 9.97 Å². The quantitative estimate of drug-likeness (QED) is 0.760. The van der Waals surface area contributed by atoms with Crippen molar-refractivity contribution in [2.75, 3.05) is 0 Å². The molecule has 0 radical (unpaired) electrons. The summed E-state index contributed by atoms with van der Waals surface area (Å²) in [5, 5.41) is 0. The van der Waals surface area contributed by atoms with Gasteiger partial charge < -0.3 is 0 Å². The van der Waals surface area contributed by atoms with Crippen LogP contribution in [0.25, 0.3) is 11.1 Å². The Labute approximate surface area is 96.4 Å². The number of nitrogens with zero attached hydrogens (tertiary/aromatic N) is 2. The SMILES string of the molecule is Cc1cc(-c2cnccc2C(C)C)ccn1. The number of hydrogen-bond acceptors (Lipinski definition) is 2. The predicted octanol–water partition coefficient (Wildman–Crippen LogP) is 3.58. The van der Waals surface area contributed by atoms with E-state index in [-0.39, 0.29) is 0 Å². The van der Waals surface area contributed by atoms with Gasteiger partial charge in [0.15, 0.2) is 0 Å². The van der Waals surface area contributed by atoms with E-state index in [4.69, 9.17) is 0 Å². The Morgan fingerprint density at radius 1 is 1.12 bits per heavy atom. The van der Waals surface area contributed by atoms with Crippen LogP contribution in [0.5, 0.6) is 0 Å². The van der Waals surface area contributed by atoms with E-state index in [1.54, 1.807) is 0 Å². The molecule has 2 heterocycles. The molecule has 0 saturated carbocycles. The fourth-order valence-corrected chi connectivity index (χ4v) is 1.86. The van der Waals surface area contributed by atoms with Crippen LogP contribution in [0.15, 0.2) is 36.8 Å². The Morgan fingerprint density at radius 3 is 2.62 bits per heavy atom. The van der Waals surface area contributed by atoms with E-state index in [1.807, 2.05) is 31.6 Å². The van der Waals surface area contributed by atoms with Crippen molar-refractivity contribution >= 4 is 0 Å². The number of aryl methyl sites for hydroxylation is 1. The molecule has 2 nitrogen and oxygen atoms in total. The molecular weight excluding hydrogens is 196 g/mol. The minimum atomic E-state index is 0.506.